The maximum atomic E-state index is 13.7. The topological polar surface area (TPSA) is 106 Å². The average molecular weight is 570 g/mol. The van der Waals surface area contributed by atoms with Crippen LogP contribution in [-0.2, 0) is 20.8 Å². The van der Waals surface area contributed by atoms with Crippen LogP contribution in [-0.4, -0.2) is 77.9 Å². The van der Waals surface area contributed by atoms with Crippen LogP contribution < -0.4 is 10.9 Å². The molecular weight excluding hydrogens is 534 g/mol. The number of hydrogen-bond acceptors (Lipinski definition) is 7. The molecule has 2 aromatic carbocycles. The highest BCUT2D eigenvalue weighted by Crippen LogP contribution is 2.23. The zero-order valence-electron chi connectivity index (χ0n) is 23.0. The third-order valence-electron chi connectivity index (χ3n) is 7.04. The van der Waals surface area contributed by atoms with Crippen molar-refractivity contribution in [3.8, 4) is 0 Å². The number of carbonyl (C=O) groups is 2. The van der Waals surface area contributed by atoms with E-state index < -0.39 is 6.04 Å². The molecule has 40 heavy (non-hydrogen) atoms. The van der Waals surface area contributed by atoms with Gasteiger partial charge in [0.1, 0.15) is 5.82 Å². The Hall–Kier alpha value is -3.47. The van der Waals surface area contributed by atoms with Crippen LogP contribution in [0.1, 0.15) is 38.1 Å². The minimum Gasteiger partial charge on any atom is -0.469 e. The zero-order chi connectivity index (χ0) is 28.5. The summed E-state index contributed by atoms with van der Waals surface area (Å²) < 4.78 is 11.8. The molecule has 1 unspecified atom stereocenters. The molecule has 1 aliphatic rings. The second-order valence-electron chi connectivity index (χ2n) is 9.74. The Kier molecular flexibility index (Phi) is 10.5. The van der Waals surface area contributed by atoms with E-state index in [0.29, 0.717) is 53.6 Å². The van der Waals surface area contributed by atoms with E-state index in [0.717, 1.165) is 26.1 Å². The average Bonchev–Trinajstić information content (AvgIpc) is 2.96. The van der Waals surface area contributed by atoms with Gasteiger partial charge in [-0.05, 0) is 50.1 Å². The summed E-state index contributed by atoms with van der Waals surface area (Å²) in [7, 11) is 1.34. The van der Waals surface area contributed by atoms with Gasteiger partial charge in [-0.25, -0.2) is 9.78 Å². The van der Waals surface area contributed by atoms with E-state index in [1.165, 1.54) is 7.11 Å². The monoisotopic (exact) mass is 569 g/mol. The number of ether oxygens (including phenoxy) is 2. The number of urea groups is 1. The van der Waals surface area contributed by atoms with Crippen LogP contribution in [0, 0.1) is 0 Å². The summed E-state index contributed by atoms with van der Waals surface area (Å²) in [4.78, 5) is 47.9. The lowest BCUT2D eigenvalue weighted by Crippen LogP contribution is -2.42. The molecule has 1 N–H and O–H groups in total. The van der Waals surface area contributed by atoms with Gasteiger partial charge in [-0.2, -0.15) is 0 Å². The van der Waals surface area contributed by atoms with E-state index in [1.54, 1.807) is 51.9 Å². The van der Waals surface area contributed by atoms with Gasteiger partial charge < -0.3 is 19.7 Å². The first kappa shape index (κ1) is 29.5. The number of halogens is 1. The van der Waals surface area contributed by atoms with Crippen LogP contribution >= 0.6 is 11.6 Å². The first-order valence-corrected chi connectivity index (χ1v) is 13.9. The zero-order valence-corrected chi connectivity index (χ0v) is 23.7. The summed E-state index contributed by atoms with van der Waals surface area (Å²) in [6.07, 6.45) is 1.30. The van der Waals surface area contributed by atoms with Crippen LogP contribution in [0.4, 0.5) is 10.5 Å². The van der Waals surface area contributed by atoms with Crippen molar-refractivity contribution >= 4 is 40.2 Å². The molecule has 1 fully saturated rings. The normalized spacial score (nSPS) is 14.6. The van der Waals surface area contributed by atoms with Crippen LogP contribution in [0.5, 0.6) is 0 Å². The predicted molar refractivity (Wildman–Crippen MR) is 155 cm³/mol. The molecule has 4 rings (SSSR count). The molecule has 0 aliphatic carbocycles. The van der Waals surface area contributed by atoms with Gasteiger partial charge in [0.15, 0.2) is 0 Å². The van der Waals surface area contributed by atoms with Crippen LogP contribution in [0.3, 0.4) is 0 Å². The van der Waals surface area contributed by atoms with E-state index in [1.807, 2.05) is 13.0 Å². The van der Waals surface area contributed by atoms with Crippen LogP contribution in [0.2, 0.25) is 5.02 Å². The van der Waals surface area contributed by atoms with Crippen molar-refractivity contribution in [2.24, 2.45) is 0 Å². The van der Waals surface area contributed by atoms with Gasteiger partial charge in [-0.3, -0.25) is 19.1 Å². The molecule has 3 aromatic rings. The fourth-order valence-corrected chi connectivity index (χ4v) is 5.06. The molecule has 0 radical (unpaired) electrons. The third kappa shape index (κ3) is 7.59. The molecule has 0 bridgehead atoms. The fourth-order valence-electron chi connectivity index (χ4n) is 4.87. The minimum atomic E-state index is -0.542. The number of nitrogens with zero attached hydrogens (tertiary/aromatic N) is 4. The molecular formula is C29H36ClN5O5. The van der Waals surface area contributed by atoms with Crippen molar-refractivity contribution in [1.29, 1.82) is 0 Å². The molecule has 1 aliphatic heterocycles. The maximum Gasteiger partial charge on any atom is 0.322 e. The largest absolute Gasteiger partial charge is 0.469 e. The van der Waals surface area contributed by atoms with Crippen molar-refractivity contribution in [3.05, 3.63) is 69.7 Å². The number of aromatic nitrogens is 2. The lowest BCUT2D eigenvalue weighted by molar-refractivity contribution is -0.140. The Morgan fingerprint density at radius 3 is 2.65 bits per heavy atom. The number of methoxy groups -OCH3 is 1. The first-order chi connectivity index (χ1) is 19.4. The Morgan fingerprint density at radius 2 is 1.90 bits per heavy atom. The molecule has 1 saturated heterocycles. The standard InChI is InChI=1S/C29H36ClN5O5/c1-21(27-32-25-11-4-3-10-24(25)28(37)35(27)14-6-12-26(36)39-2)34(15-7-13-33-16-18-40-19-17-33)29(38)31-23-9-5-8-22(30)20-23/h3-5,8-11,20-21H,6-7,12-19H2,1-2H3,(H,31,38). The second kappa shape index (κ2) is 14.2. The van der Waals surface area contributed by atoms with Gasteiger partial charge in [0.25, 0.3) is 5.56 Å². The molecule has 1 atom stereocenters. The van der Waals surface area contributed by atoms with Crippen molar-refractivity contribution < 1.29 is 19.1 Å². The molecule has 11 heteroatoms. The number of morpholine rings is 1. The number of esters is 1. The summed E-state index contributed by atoms with van der Waals surface area (Å²) >= 11 is 6.15. The number of fused-ring (bicyclic) bond motifs is 1. The predicted octanol–water partition coefficient (Wildman–Crippen LogP) is 4.32. The summed E-state index contributed by atoms with van der Waals surface area (Å²) in [6.45, 7) is 6.52. The molecule has 2 heterocycles. The van der Waals surface area contributed by atoms with Gasteiger partial charge in [-0.15, -0.1) is 0 Å². The van der Waals surface area contributed by atoms with E-state index in [9.17, 15) is 14.4 Å². The maximum absolute atomic E-state index is 13.7. The molecule has 10 nitrogen and oxygen atoms in total. The van der Waals surface area contributed by atoms with Crippen molar-refractivity contribution in [2.75, 3.05) is 51.8 Å². The number of benzene rings is 2. The molecule has 1 aromatic heterocycles. The van der Waals surface area contributed by atoms with E-state index in [-0.39, 0.29) is 30.5 Å². The van der Waals surface area contributed by atoms with Gasteiger partial charge in [0, 0.05) is 49.9 Å². The molecule has 0 saturated carbocycles. The van der Waals surface area contributed by atoms with Gasteiger partial charge in [-0.1, -0.05) is 29.8 Å². The number of amides is 2. The Labute approximate surface area is 238 Å². The number of rotatable bonds is 11. The summed E-state index contributed by atoms with van der Waals surface area (Å²) in [6, 6.07) is 13.3. The smallest absolute Gasteiger partial charge is 0.322 e. The number of hydrogen-bond donors (Lipinski definition) is 1. The Morgan fingerprint density at radius 1 is 1.12 bits per heavy atom. The number of carbonyl (C=O) groups excluding carboxylic acids is 2. The van der Waals surface area contributed by atoms with Crippen LogP contribution in [0.15, 0.2) is 53.3 Å². The highest BCUT2D eigenvalue weighted by molar-refractivity contribution is 6.30. The Balaban J connectivity index is 1.64. The van der Waals surface area contributed by atoms with Crippen molar-refractivity contribution in [1.82, 2.24) is 19.4 Å². The van der Waals surface area contributed by atoms with Gasteiger partial charge in [0.2, 0.25) is 0 Å². The van der Waals surface area contributed by atoms with Crippen molar-refractivity contribution in [2.45, 2.75) is 38.8 Å². The van der Waals surface area contributed by atoms with Gasteiger partial charge >= 0.3 is 12.0 Å². The van der Waals surface area contributed by atoms with E-state index in [4.69, 9.17) is 26.1 Å². The molecule has 2 amide bonds. The van der Waals surface area contributed by atoms with E-state index in [2.05, 4.69) is 10.2 Å². The minimum absolute atomic E-state index is 0.169. The van der Waals surface area contributed by atoms with Gasteiger partial charge in [0.05, 0.1) is 37.3 Å². The lowest BCUT2D eigenvalue weighted by Gasteiger charge is -2.32. The molecule has 0 spiro atoms. The van der Waals surface area contributed by atoms with Crippen molar-refractivity contribution in [3.63, 3.8) is 0 Å². The summed E-state index contributed by atoms with van der Waals surface area (Å²) in [5.74, 6) is 0.114. The second-order valence-corrected chi connectivity index (χ2v) is 10.2. The SMILES string of the molecule is COC(=O)CCCn1c(C(C)N(CCCN2CCOCC2)C(=O)Nc2cccc(Cl)c2)nc2ccccc2c1=O. The Bertz CT molecular complexity index is 1370. The summed E-state index contributed by atoms with van der Waals surface area (Å²) in [5, 5.41) is 3.95. The fraction of sp³-hybridized carbons (Fsp3) is 0.448. The quantitative estimate of drug-likeness (QED) is 0.343. The van der Waals surface area contributed by atoms with E-state index >= 15 is 0 Å². The first-order valence-electron chi connectivity index (χ1n) is 13.6. The highest BCUT2D eigenvalue weighted by Gasteiger charge is 2.27. The highest BCUT2D eigenvalue weighted by atomic mass is 35.5. The number of anilines is 1. The summed E-state index contributed by atoms with van der Waals surface area (Å²) in [5.41, 5.74) is 0.924. The van der Waals surface area contributed by atoms with Crippen LogP contribution in [0.25, 0.3) is 10.9 Å². The third-order valence-corrected chi connectivity index (χ3v) is 7.27. The number of nitrogens with one attached hydrogen (secondary N) is 1. The molecule has 214 valence electrons. The number of para-hydroxylation sites is 1. The lowest BCUT2D eigenvalue weighted by atomic mass is 10.2.